The molecule has 0 spiro atoms. The Morgan fingerprint density at radius 3 is 1.39 bits per heavy atom. The van der Waals surface area contributed by atoms with Crippen LogP contribution in [0, 0.1) is 23.7 Å². The molecule has 4 aromatic carbocycles. The van der Waals surface area contributed by atoms with Gasteiger partial charge in [0.25, 0.3) is 0 Å². The molecular formula is C99H135ClN14O22S. The minimum Gasteiger partial charge on any atom is -0.508 e. The second-order valence-corrected chi connectivity index (χ2v) is 37.5. The van der Waals surface area contributed by atoms with Gasteiger partial charge in [-0.1, -0.05) is 129 Å². The van der Waals surface area contributed by atoms with Crippen LogP contribution in [0.15, 0.2) is 119 Å². The first-order valence-electron chi connectivity index (χ1n) is 46.9. The fourth-order valence-corrected chi connectivity index (χ4v) is 17.4. The molecule has 21 N–H and O–H groups in total. The van der Waals surface area contributed by atoms with E-state index in [4.69, 9.17) is 27.5 Å². The number of phenolic OH excluding ortho intramolecular Hbond substituents is 1. The van der Waals surface area contributed by atoms with Crippen LogP contribution < -0.4 is 75.4 Å². The molecule has 1 aliphatic carbocycles. The summed E-state index contributed by atoms with van der Waals surface area (Å²) in [6.07, 6.45) is 1.36. The molecule has 0 fully saturated rings. The molecule has 0 unspecified atom stereocenters. The van der Waals surface area contributed by atoms with E-state index in [0.717, 1.165) is 28.3 Å². The van der Waals surface area contributed by atoms with Gasteiger partial charge in [0.15, 0.2) is 5.43 Å². The van der Waals surface area contributed by atoms with E-state index in [1.807, 2.05) is 67.5 Å². The molecule has 36 nitrogen and oxygen atoms in total. The predicted octanol–water partition coefficient (Wildman–Crippen LogP) is 9.88. The number of nitrogens with one attached hydrogen (secondary N) is 12. The van der Waals surface area contributed by atoms with Crippen LogP contribution in [0.4, 0.5) is 5.69 Å². The zero-order valence-corrected chi connectivity index (χ0v) is 80.7. The van der Waals surface area contributed by atoms with Crippen LogP contribution >= 0.6 is 23.4 Å². The highest BCUT2D eigenvalue weighted by Crippen LogP contribution is 2.43. The maximum Gasteiger partial charge on any atom is 0.336 e. The summed E-state index contributed by atoms with van der Waals surface area (Å²) in [5.41, 5.74) is 15.1. The zero-order valence-electron chi connectivity index (χ0n) is 79.1. The van der Waals surface area contributed by atoms with Gasteiger partial charge in [-0.2, -0.15) is 11.8 Å². The molecular weight excluding hydrogens is 1800 g/mol. The Balaban J connectivity index is 0.936. The summed E-state index contributed by atoms with van der Waals surface area (Å²) in [4.78, 5) is 218. The van der Waals surface area contributed by atoms with Crippen molar-refractivity contribution in [3.8, 4) is 28.2 Å². The van der Waals surface area contributed by atoms with Crippen molar-refractivity contribution in [3.05, 3.63) is 141 Å². The van der Waals surface area contributed by atoms with Crippen LogP contribution in [0.25, 0.3) is 44.3 Å². The molecule has 38 heteroatoms. The third-order valence-corrected chi connectivity index (χ3v) is 25.4. The number of thioether (sulfide) groups is 1. The second-order valence-electron chi connectivity index (χ2n) is 36.0. The van der Waals surface area contributed by atoms with E-state index in [-0.39, 0.29) is 184 Å². The van der Waals surface area contributed by atoms with Gasteiger partial charge in [-0.15, -0.1) is 0 Å². The topological polar surface area (TPSA) is 588 Å². The smallest absolute Gasteiger partial charge is 0.336 e. The van der Waals surface area contributed by atoms with Crippen molar-refractivity contribution in [2.75, 3.05) is 29.9 Å². The Kier molecular flexibility index (Phi) is 46.3. The summed E-state index contributed by atoms with van der Waals surface area (Å²) in [6, 6.07) is 18.9. The Morgan fingerprint density at radius 1 is 0.445 bits per heavy atom. The van der Waals surface area contributed by atoms with Crippen LogP contribution in [0.2, 0.25) is 5.02 Å². The molecule has 0 saturated carbocycles. The molecule has 5 aromatic rings. The molecule has 746 valence electrons. The molecule has 13 atom stereocenters. The number of phenols is 1. The first-order valence-corrected chi connectivity index (χ1v) is 48.5. The zero-order chi connectivity index (χ0) is 101. The number of H-pyrrole nitrogens is 1. The lowest BCUT2D eigenvalue weighted by Gasteiger charge is -2.28. The number of carbonyl (C=O) groups is 15. The lowest BCUT2D eigenvalue weighted by Crippen LogP contribution is -2.49. The van der Waals surface area contributed by atoms with Gasteiger partial charge in [-0.05, 0) is 160 Å². The number of amides is 11. The van der Waals surface area contributed by atoms with E-state index < -0.39 is 169 Å². The number of aromatic nitrogens is 1. The average molecular weight is 1940 g/mol. The van der Waals surface area contributed by atoms with Crippen molar-refractivity contribution in [2.45, 2.75) is 276 Å². The number of fused-ring (bicyclic) bond motifs is 3. The number of rotatable bonds is 62. The summed E-state index contributed by atoms with van der Waals surface area (Å²) in [6.45, 7) is 15.5. The van der Waals surface area contributed by atoms with Gasteiger partial charge >= 0.3 is 23.9 Å². The van der Waals surface area contributed by atoms with Crippen molar-refractivity contribution in [1.82, 2.24) is 58.2 Å². The number of benzene rings is 5. The van der Waals surface area contributed by atoms with Gasteiger partial charge < -0.3 is 105 Å². The van der Waals surface area contributed by atoms with Gasteiger partial charge in [-0.3, -0.25) is 71.9 Å². The number of anilines is 1. The molecule has 1 aliphatic heterocycles. The van der Waals surface area contributed by atoms with E-state index in [2.05, 4.69) is 63.5 Å². The number of hydrogen-bond donors (Lipinski definition) is 19. The molecule has 0 bridgehead atoms. The van der Waals surface area contributed by atoms with Gasteiger partial charge in [0, 0.05) is 200 Å². The van der Waals surface area contributed by atoms with Crippen molar-refractivity contribution in [2.24, 2.45) is 35.1 Å². The van der Waals surface area contributed by atoms with Crippen molar-refractivity contribution < 1.29 is 102 Å². The standard InChI is InChI=1S/C99H135ClN14O22S/c1-9-57(6)78(112-88(121)42-63(19-15-34-101)104-84(117)33-36-137-55-94(127)108-65-22-28-74(77(41-65)99(134)135)98-75-29-25-71(115)49-82(75)136-83-50-72(116)26-30-76(83)98)51-91(124)109-68(37-56(4)5)45-85(118)106-66(23-31-95(128)129)44-90(123)114-80(59(8)11-3)53-93(126)111-70(39-61-54-103-81-40-62(100)21-27-73(61)81)47-87(120)105-64(20-16-35-102)43-89(122)113-79(58(7)10-2)52-92(125)110-69(38-60-17-13-12-14-18-60)46-86(119)107-67(48-97(132)133)24-32-96(130)131/h12-14,17-18,21-22,25-30,40-41,49-50,54,56-59,63-64,66-70,78-80,103,115H,9-11,15-16,19-20,23-24,31-39,42-48,51-53,55,101-102H2,1-8H3,(H,104,117)(H,105,120)(H,106,118)(H,107,119)(H,108,127)(H,109,124)(H,110,125)(H,111,126)(H,112,121)(H,113,122)(H,114,123)(H,128,129)(H,130,131)(H,132,133)(H,134,135)/t57-,58-,59-,63-,64-,66-,67-,68-,69-,70-,78-,79-,80-/m0/s1. The van der Waals surface area contributed by atoms with E-state index in [1.165, 1.54) is 48.5 Å². The molecule has 7 rings (SSSR count). The average Bonchev–Trinajstić information content (AvgIpc) is 0.997. The minimum absolute atomic E-state index is 0.0370. The third-order valence-electron chi connectivity index (χ3n) is 24.2. The highest BCUT2D eigenvalue weighted by Gasteiger charge is 2.34. The van der Waals surface area contributed by atoms with Crippen LogP contribution in [0.3, 0.4) is 0 Å². The lowest BCUT2D eigenvalue weighted by molar-refractivity contribution is -0.140. The first-order chi connectivity index (χ1) is 65.2. The van der Waals surface area contributed by atoms with Crippen molar-refractivity contribution in [1.29, 1.82) is 0 Å². The van der Waals surface area contributed by atoms with Crippen LogP contribution in [0.1, 0.15) is 225 Å². The number of aromatic hydroxyl groups is 1. The number of carbonyl (C=O) groups excluding carboxylic acids is 11. The summed E-state index contributed by atoms with van der Waals surface area (Å²) in [5, 5.41) is 83.0. The maximum atomic E-state index is 14.6. The van der Waals surface area contributed by atoms with Gasteiger partial charge in [0.05, 0.1) is 17.7 Å². The molecule has 137 heavy (non-hydrogen) atoms. The number of nitrogens with two attached hydrogens (primary N) is 2. The quantitative estimate of drug-likeness (QED) is 0.0124. The number of aromatic amines is 1. The van der Waals surface area contributed by atoms with Crippen LogP contribution in [0.5, 0.6) is 5.75 Å². The highest BCUT2D eigenvalue weighted by atomic mass is 35.5. The van der Waals surface area contributed by atoms with Crippen LogP contribution in [-0.4, -0.2) is 204 Å². The summed E-state index contributed by atoms with van der Waals surface area (Å²) < 4.78 is 5.93. The summed E-state index contributed by atoms with van der Waals surface area (Å²) >= 11 is 7.52. The van der Waals surface area contributed by atoms with Gasteiger partial charge in [-0.25, -0.2) is 4.79 Å². The number of carboxylic acid groups (broad SMARTS) is 4. The molecule has 2 heterocycles. The van der Waals surface area contributed by atoms with Crippen molar-refractivity contribution in [3.63, 3.8) is 0 Å². The normalized spacial score (nSPS) is 14.2. The van der Waals surface area contributed by atoms with E-state index >= 15 is 0 Å². The van der Waals surface area contributed by atoms with Gasteiger partial charge in [0.2, 0.25) is 65.0 Å². The third kappa shape index (κ3) is 39.3. The fraction of sp³-hybridized carbons (Fsp3) is 0.515. The largest absolute Gasteiger partial charge is 0.508 e. The molecule has 11 amide bonds. The fourth-order valence-electron chi connectivity index (χ4n) is 16.5. The Morgan fingerprint density at radius 2 is 0.898 bits per heavy atom. The lowest BCUT2D eigenvalue weighted by atomic mass is 9.90. The van der Waals surface area contributed by atoms with E-state index in [0.29, 0.717) is 72.0 Å². The second kappa shape index (κ2) is 56.9. The molecule has 0 radical (unpaired) electrons. The Labute approximate surface area is 806 Å². The number of aromatic carboxylic acids is 1. The predicted molar refractivity (Wildman–Crippen MR) is 522 cm³/mol. The minimum atomic E-state index is -1.30. The number of carboxylic acids is 4. The monoisotopic (exact) mass is 1940 g/mol. The number of aliphatic carboxylic acids is 3. The Hall–Kier alpha value is -12.5. The number of halogens is 1. The molecule has 0 saturated heterocycles. The van der Waals surface area contributed by atoms with Crippen molar-refractivity contribution >= 4 is 140 Å². The highest BCUT2D eigenvalue weighted by molar-refractivity contribution is 7.99. The Bertz CT molecular complexity index is 5310. The molecule has 1 aromatic heterocycles. The summed E-state index contributed by atoms with van der Waals surface area (Å²) in [7, 11) is 0. The van der Waals surface area contributed by atoms with E-state index in [9.17, 15) is 102 Å². The number of hydrogen-bond acceptors (Lipinski definition) is 21. The maximum absolute atomic E-state index is 14.6. The van der Waals surface area contributed by atoms with E-state index in [1.54, 1.807) is 48.7 Å². The molecule has 2 aliphatic rings. The van der Waals surface area contributed by atoms with Gasteiger partial charge in [0.1, 0.15) is 17.1 Å². The SMILES string of the molecule is CC[C@H](C)[C@H](CC(=O)N[C@H](CC(=O)N[C@@H](CCC(=O)O)CC(=O)N[C@@H](CC(=O)N[C@H](CC(=O)N[C@@H](CCCN)CC(=O)N[C@@H](CC(=O)N[C@H](CC(=O)N[C@@H](CCC(=O)O)CC(=O)O)Cc1ccccc1)[C@@H](C)CC)Cc1c[nH]c2cc(Cl)ccc12)[C@@H](C)CC)CC(C)C)NC(=O)C[C@H](CCCN)NC(=O)CCSCC(=O)Nc1ccc(-c2c3ccc(=O)cc-3oc3cc(O)ccc23)c(C(=O)O)c1. The summed E-state index contributed by atoms with van der Waals surface area (Å²) in [5.74, 6) is -11.3. The van der Waals surface area contributed by atoms with Crippen LogP contribution in [-0.2, 0) is 80.0 Å². The first kappa shape index (κ1) is 112.